The van der Waals surface area contributed by atoms with E-state index in [1.807, 2.05) is 24.9 Å². The quantitative estimate of drug-likeness (QED) is 0.137. The van der Waals surface area contributed by atoms with Gasteiger partial charge in [-0.1, -0.05) is 60.7 Å². The zero-order valence-electron chi connectivity index (χ0n) is 32.9. The van der Waals surface area contributed by atoms with Gasteiger partial charge in [-0.05, 0) is 111 Å². The van der Waals surface area contributed by atoms with E-state index < -0.39 is 0 Å². The third-order valence-corrected chi connectivity index (χ3v) is 11.6. The van der Waals surface area contributed by atoms with Gasteiger partial charge in [0.15, 0.2) is 0 Å². The van der Waals surface area contributed by atoms with Crippen LogP contribution in [0, 0.1) is 55.4 Å². The van der Waals surface area contributed by atoms with Crippen molar-refractivity contribution < 1.29 is 0 Å². The molecule has 6 aromatic rings. The first-order valence-corrected chi connectivity index (χ1v) is 19.0. The fourth-order valence-electron chi connectivity index (χ4n) is 7.72. The van der Waals surface area contributed by atoms with Crippen LogP contribution in [-0.4, -0.2) is 71.0 Å². The summed E-state index contributed by atoms with van der Waals surface area (Å²) in [5.41, 5.74) is 21.0. The maximum absolute atomic E-state index is 4.83. The van der Waals surface area contributed by atoms with Gasteiger partial charge >= 0.3 is 0 Å². The van der Waals surface area contributed by atoms with Crippen LogP contribution in [0.5, 0.6) is 0 Å². The number of fused-ring (bicyclic) bond motifs is 8. The number of benzene rings is 2. The zero-order valence-corrected chi connectivity index (χ0v) is 32.9. The molecule has 4 N–H and O–H groups in total. The van der Waals surface area contributed by atoms with Crippen LogP contribution in [-0.2, 0) is 0 Å². The second kappa shape index (κ2) is 15.7. The molecule has 0 saturated carbocycles. The van der Waals surface area contributed by atoms with Crippen molar-refractivity contribution in [3.8, 4) is 0 Å². The van der Waals surface area contributed by atoms with Crippen LogP contribution in [0.15, 0.2) is 80.6 Å². The lowest BCUT2D eigenvalue weighted by Gasteiger charge is -2.18. The first-order valence-electron chi connectivity index (χ1n) is 19.0. The van der Waals surface area contributed by atoms with Gasteiger partial charge in [0.05, 0.1) is 60.8 Å². The van der Waals surface area contributed by atoms with E-state index >= 15 is 0 Å². The van der Waals surface area contributed by atoms with Gasteiger partial charge in [-0.25, -0.2) is 0 Å². The van der Waals surface area contributed by atoms with Crippen molar-refractivity contribution in [2.24, 2.45) is 20.0 Å². The normalized spacial score (nSPS) is 16.7. The van der Waals surface area contributed by atoms with Gasteiger partial charge in [-0.2, -0.15) is 0 Å². The molecule has 0 amide bonds. The second-order valence-corrected chi connectivity index (χ2v) is 14.6. The van der Waals surface area contributed by atoms with Crippen molar-refractivity contribution in [1.82, 2.24) is 19.9 Å². The molecule has 0 unspecified atom stereocenters. The Morgan fingerprint density at radius 2 is 0.593 bits per heavy atom. The molecule has 5 heterocycles. The summed E-state index contributed by atoms with van der Waals surface area (Å²) in [5.74, 6) is -0.00571. The maximum Gasteiger partial charge on any atom is 0.0647 e. The molecule has 0 saturated heterocycles. The summed E-state index contributed by atoms with van der Waals surface area (Å²) >= 11 is 0. The van der Waals surface area contributed by atoms with Crippen molar-refractivity contribution >= 4 is 24.9 Å². The summed E-state index contributed by atoms with van der Waals surface area (Å²) in [7, 11) is 0. The maximum atomic E-state index is 4.83. The van der Waals surface area contributed by atoms with E-state index in [1.54, 1.807) is 0 Å². The molecule has 7 rings (SSSR count). The van der Waals surface area contributed by atoms with Crippen molar-refractivity contribution in [2.45, 2.75) is 67.2 Å². The van der Waals surface area contributed by atoms with Crippen LogP contribution in [0.4, 0.5) is 0 Å². The van der Waals surface area contributed by atoms with E-state index in [1.165, 1.54) is 78.4 Å². The van der Waals surface area contributed by atoms with Crippen LogP contribution in [0.25, 0.3) is 0 Å². The van der Waals surface area contributed by atoms with Gasteiger partial charge in [0.1, 0.15) is 0 Å². The lowest BCUT2D eigenvalue weighted by Crippen LogP contribution is -2.08. The predicted octanol–water partition coefficient (Wildman–Crippen LogP) is 9.22. The number of aromatic amines is 4. The highest BCUT2D eigenvalue weighted by atomic mass is 14.9. The average molecular weight is 717 g/mol. The zero-order chi connectivity index (χ0) is 37.9. The van der Waals surface area contributed by atoms with Gasteiger partial charge in [0.25, 0.3) is 0 Å². The Balaban J connectivity index is 1.29. The molecule has 1 aliphatic heterocycles. The molecule has 8 bridgehead atoms. The Bertz CT molecular complexity index is 2080. The molecule has 0 radical (unpaired) electrons. The predicted molar refractivity (Wildman–Crippen MR) is 226 cm³/mol. The smallest absolute Gasteiger partial charge is 0.0647 e. The van der Waals surface area contributed by atoms with Crippen LogP contribution >= 0.6 is 0 Å². The standard InChI is InChI=1S/C46H52N8/c1-27-31(5)43-41(35-15-11-9-12-16-35)44-32(6)28(2)38(52-44)24-49-21-22-50-26-40-30(4)34(8)46(54-40)42(36-17-13-10-14-18-36)45-33(7)29(3)39(53-45)25-48-20-19-47-23-37(27)51-43/h9-18,23-26,41-42,51-54H,19-22H2,1-8H3. The lowest BCUT2D eigenvalue weighted by atomic mass is 9.88. The minimum absolute atomic E-state index is 0.00286. The first kappa shape index (κ1) is 36.6. The highest BCUT2D eigenvalue weighted by Crippen LogP contribution is 2.39. The number of aromatic nitrogens is 4. The minimum atomic E-state index is -0.00286. The van der Waals surface area contributed by atoms with Gasteiger partial charge < -0.3 is 19.9 Å². The highest BCUT2D eigenvalue weighted by molar-refractivity contribution is 5.83. The van der Waals surface area contributed by atoms with Crippen LogP contribution in [0.3, 0.4) is 0 Å². The number of hydrogen-bond donors (Lipinski definition) is 4. The summed E-state index contributed by atoms with van der Waals surface area (Å²) in [4.78, 5) is 34.4. The molecule has 4 aromatic heterocycles. The molecule has 0 spiro atoms. The fourth-order valence-corrected chi connectivity index (χ4v) is 7.72. The molecule has 54 heavy (non-hydrogen) atoms. The topological polar surface area (TPSA) is 113 Å². The third-order valence-electron chi connectivity index (χ3n) is 11.6. The second-order valence-electron chi connectivity index (χ2n) is 14.6. The Labute approximate surface area is 319 Å². The van der Waals surface area contributed by atoms with E-state index in [2.05, 4.69) is 136 Å². The fraction of sp³-hybridized carbons (Fsp3) is 0.304. The average Bonchev–Trinajstić information content (AvgIpc) is 3.83. The number of nitrogens with one attached hydrogen (secondary N) is 4. The molecule has 0 fully saturated rings. The Hall–Kier alpha value is -5.76. The minimum Gasteiger partial charge on any atom is -0.356 e. The first-order chi connectivity index (χ1) is 26.2. The summed E-state index contributed by atoms with van der Waals surface area (Å²) in [6.45, 7) is 19.9. The molecule has 276 valence electrons. The van der Waals surface area contributed by atoms with Crippen molar-refractivity contribution in [2.75, 3.05) is 26.2 Å². The molecule has 0 atom stereocenters. The van der Waals surface area contributed by atoms with Crippen LogP contribution in [0.2, 0.25) is 0 Å². The molecule has 8 nitrogen and oxygen atoms in total. The van der Waals surface area contributed by atoms with Crippen molar-refractivity contribution in [3.63, 3.8) is 0 Å². The van der Waals surface area contributed by atoms with Gasteiger partial charge in [0, 0.05) is 47.6 Å². The Morgan fingerprint density at radius 3 is 0.833 bits per heavy atom. The van der Waals surface area contributed by atoms with Crippen LogP contribution in [0.1, 0.15) is 113 Å². The Morgan fingerprint density at radius 1 is 0.352 bits per heavy atom. The van der Waals surface area contributed by atoms with Crippen molar-refractivity contribution in [3.05, 3.63) is 162 Å². The largest absolute Gasteiger partial charge is 0.356 e. The molecule has 8 heteroatoms. The number of nitrogens with zero attached hydrogens (tertiary/aromatic N) is 4. The summed E-state index contributed by atoms with van der Waals surface area (Å²) < 4.78 is 0. The molecule has 0 aliphatic carbocycles. The number of H-pyrrole nitrogens is 4. The Kier molecular flexibility index (Phi) is 10.6. The van der Waals surface area contributed by atoms with E-state index in [0.717, 1.165) is 22.8 Å². The van der Waals surface area contributed by atoms with E-state index in [0.29, 0.717) is 26.2 Å². The highest BCUT2D eigenvalue weighted by Gasteiger charge is 2.28. The lowest BCUT2D eigenvalue weighted by molar-refractivity contribution is 0.875. The molecular weight excluding hydrogens is 665 g/mol. The monoisotopic (exact) mass is 716 g/mol. The van der Waals surface area contributed by atoms with Crippen molar-refractivity contribution in [1.29, 1.82) is 0 Å². The molecule has 1 aliphatic rings. The van der Waals surface area contributed by atoms with E-state index in [9.17, 15) is 0 Å². The van der Waals surface area contributed by atoms with Gasteiger partial charge in [-0.3, -0.25) is 20.0 Å². The van der Waals surface area contributed by atoms with Gasteiger partial charge in [0.2, 0.25) is 0 Å². The third kappa shape index (κ3) is 7.00. The summed E-state index contributed by atoms with van der Waals surface area (Å²) in [6, 6.07) is 21.4. The molecule has 2 aromatic carbocycles. The summed E-state index contributed by atoms with van der Waals surface area (Å²) in [5, 5.41) is 0. The summed E-state index contributed by atoms with van der Waals surface area (Å²) in [6.07, 6.45) is 7.90. The van der Waals surface area contributed by atoms with Crippen LogP contribution < -0.4 is 0 Å². The SMILES string of the molecule is Cc1c2[nH]c(c1C)C(c1ccccc1)c1[nH]c(c(C)c1C)C=NCCN=Cc1[nH]c(c(C)c1C)C(c1ccccc1)c1[nH]c(c(C)c1C)C=NCCN=C2. The molecular formula is C46H52N8. The number of rotatable bonds is 2. The van der Waals surface area contributed by atoms with E-state index in [-0.39, 0.29) is 11.8 Å². The van der Waals surface area contributed by atoms with E-state index in [4.69, 9.17) is 20.0 Å². The number of aliphatic imine (C=N–C) groups is 4. The van der Waals surface area contributed by atoms with Gasteiger partial charge in [-0.15, -0.1) is 0 Å². The number of hydrogen-bond acceptors (Lipinski definition) is 4.